The number of carbonyl (C=O) groups excluding carboxylic acids is 1. The summed E-state index contributed by atoms with van der Waals surface area (Å²) in [6, 6.07) is 0. The number of nitrogens with one attached hydrogen (secondary N) is 1. The zero-order valence-corrected chi connectivity index (χ0v) is 8.38. The van der Waals surface area contributed by atoms with Crippen LogP contribution in [0.15, 0.2) is 0 Å². The van der Waals surface area contributed by atoms with Crippen molar-refractivity contribution in [2.24, 2.45) is 0 Å². The van der Waals surface area contributed by atoms with E-state index in [0.717, 1.165) is 19.5 Å². The largest absolute Gasteiger partial charge is 0.371 e. The molecule has 4 nitrogen and oxygen atoms in total. The number of nitrogens with zero attached hydrogens (tertiary/aromatic N) is 1. The molecule has 0 saturated carbocycles. The van der Waals surface area contributed by atoms with E-state index in [2.05, 4.69) is 24.2 Å². The third kappa shape index (κ3) is 2.67. The van der Waals surface area contributed by atoms with Crippen LogP contribution in [0.1, 0.15) is 13.3 Å². The molecule has 1 saturated heterocycles. The van der Waals surface area contributed by atoms with Crippen molar-refractivity contribution in [3.05, 3.63) is 0 Å². The molecule has 0 aromatic heterocycles. The average molecular weight is 186 g/mol. The molecule has 76 valence electrons. The molecule has 1 heterocycles. The van der Waals surface area contributed by atoms with Gasteiger partial charge in [-0.15, -0.1) is 0 Å². The van der Waals surface area contributed by atoms with Gasteiger partial charge in [-0.1, -0.05) is 6.92 Å². The second kappa shape index (κ2) is 4.58. The molecule has 0 aromatic rings. The van der Waals surface area contributed by atoms with Gasteiger partial charge in [-0.25, -0.2) is 0 Å². The number of hydrogen-bond acceptors (Lipinski definition) is 3. The number of amides is 1. The second-order valence-corrected chi connectivity index (χ2v) is 3.63. The molecule has 1 amide bonds. The van der Waals surface area contributed by atoms with Crippen molar-refractivity contribution in [1.82, 2.24) is 10.2 Å². The van der Waals surface area contributed by atoms with Crippen LogP contribution in [0, 0.1) is 0 Å². The molecule has 0 radical (unpaired) electrons. The maximum Gasteiger partial charge on any atom is 0.207 e. The molecule has 1 aliphatic heterocycles. The summed E-state index contributed by atoms with van der Waals surface area (Å²) in [5.74, 6) is 0. The van der Waals surface area contributed by atoms with Crippen LogP contribution in [0.25, 0.3) is 0 Å². The molecule has 0 bridgehead atoms. The van der Waals surface area contributed by atoms with Crippen molar-refractivity contribution in [3.8, 4) is 0 Å². The van der Waals surface area contributed by atoms with Gasteiger partial charge in [0.15, 0.2) is 0 Å². The van der Waals surface area contributed by atoms with Gasteiger partial charge in [0.2, 0.25) is 6.41 Å². The van der Waals surface area contributed by atoms with E-state index in [9.17, 15) is 4.79 Å². The van der Waals surface area contributed by atoms with Gasteiger partial charge in [0.05, 0.1) is 12.2 Å². The van der Waals surface area contributed by atoms with Crippen LogP contribution in [0.4, 0.5) is 0 Å². The third-order valence-corrected chi connectivity index (χ3v) is 2.50. The molecule has 1 rings (SSSR count). The van der Waals surface area contributed by atoms with E-state index in [0.29, 0.717) is 19.6 Å². The average Bonchev–Trinajstić information content (AvgIpc) is 2.08. The van der Waals surface area contributed by atoms with Gasteiger partial charge in [-0.05, 0) is 13.5 Å². The quantitative estimate of drug-likeness (QED) is 0.463. The van der Waals surface area contributed by atoms with E-state index in [1.165, 1.54) is 0 Å². The Labute approximate surface area is 79.2 Å². The summed E-state index contributed by atoms with van der Waals surface area (Å²) in [6.45, 7) is 5.37. The summed E-state index contributed by atoms with van der Waals surface area (Å²) >= 11 is 0. The third-order valence-electron chi connectivity index (χ3n) is 2.50. The molecule has 0 aromatic carbocycles. The molecular weight excluding hydrogens is 168 g/mol. The van der Waals surface area contributed by atoms with Crippen molar-refractivity contribution in [2.45, 2.75) is 18.9 Å². The Morgan fingerprint density at radius 1 is 1.62 bits per heavy atom. The zero-order chi connectivity index (χ0) is 9.73. The smallest absolute Gasteiger partial charge is 0.207 e. The molecule has 0 spiro atoms. The van der Waals surface area contributed by atoms with E-state index in [4.69, 9.17) is 4.74 Å². The molecule has 4 heteroatoms. The normalized spacial score (nSPS) is 20.8. The van der Waals surface area contributed by atoms with Crippen LogP contribution >= 0.6 is 0 Å². The number of ether oxygens (including phenoxy) is 1. The first-order chi connectivity index (χ1) is 6.22. The van der Waals surface area contributed by atoms with E-state index >= 15 is 0 Å². The fourth-order valence-electron chi connectivity index (χ4n) is 1.74. The van der Waals surface area contributed by atoms with Crippen molar-refractivity contribution in [2.75, 3.05) is 33.3 Å². The summed E-state index contributed by atoms with van der Waals surface area (Å²) in [6.07, 6.45) is 1.74. The Morgan fingerprint density at radius 2 is 2.31 bits per heavy atom. The van der Waals surface area contributed by atoms with Crippen LogP contribution < -0.4 is 5.32 Å². The molecular formula is C9H18N2O2. The van der Waals surface area contributed by atoms with Gasteiger partial charge >= 0.3 is 0 Å². The number of likely N-dealkylation sites (N-methyl/N-ethyl adjacent to an activating group) is 1. The lowest BCUT2D eigenvalue weighted by atomic mass is 9.92. The first-order valence-electron chi connectivity index (χ1n) is 4.72. The van der Waals surface area contributed by atoms with E-state index in [1.54, 1.807) is 0 Å². The van der Waals surface area contributed by atoms with Gasteiger partial charge in [0, 0.05) is 19.6 Å². The number of rotatable bonds is 6. The molecule has 0 atom stereocenters. The predicted octanol–water partition coefficient (Wildman–Crippen LogP) is -0.157. The summed E-state index contributed by atoms with van der Waals surface area (Å²) in [5, 5.41) is 2.59. The summed E-state index contributed by atoms with van der Waals surface area (Å²) in [7, 11) is 2.08. The van der Waals surface area contributed by atoms with Crippen LogP contribution in [-0.4, -0.2) is 50.2 Å². The lowest BCUT2D eigenvalue weighted by Gasteiger charge is -2.47. The first kappa shape index (κ1) is 10.5. The van der Waals surface area contributed by atoms with Crippen molar-refractivity contribution in [3.63, 3.8) is 0 Å². The van der Waals surface area contributed by atoms with Gasteiger partial charge in [0.25, 0.3) is 0 Å². The standard InChI is InChI=1S/C9H18N2O2/c1-3-9(6-11(2)7-9)13-5-4-10-8-12/h8H,3-7H2,1-2H3,(H,10,12). The minimum absolute atomic E-state index is 0.0549. The monoisotopic (exact) mass is 186 g/mol. The lowest BCUT2D eigenvalue weighted by molar-refractivity contribution is -0.137. The second-order valence-electron chi connectivity index (χ2n) is 3.63. The van der Waals surface area contributed by atoms with Gasteiger partial charge in [-0.2, -0.15) is 0 Å². The fourth-order valence-corrected chi connectivity index (χ4v) is 1.74. The van der Waals surface area contributed by atoms with E-state index in [1.807, 2.05) is 0 Å². The van der Waals surface area contributed by atoms with E-state index < -0.39 is 0 Å². The maximum absolute atomic E-state index is 9.96. The maximum atomic E-state index is 9.96. The van der Waals surface area contributed by atoms with Gasteiger partial charge in [-0.3, -0.25) is 4.79 Å². The highest BCUT2D eigenvalue weighted by Gasteiger charge is 2.40. The molecule has 0 aliphatic carbocycles. The lowest BCUT2D eigenvalue weighted by Crippen LogP contribution is -2.61. The highest BCUT2D eigenvalue weighted by molar-refractivity contribution is 5.45. The summed E-state index contributed by atoms with van der Waals surface area (Å²) < 4.78 is 5.72. The Bertz CT molecular complexity index is 167. The molecule has 1 fully saturated rings. The van der Waals surface area contributed by atoms with Crippen LogP contribution in [0.3, 0.4) is 0 Å². The van der Waals surface area contributed by atoms with Crippen molar-refractivity contribution >= 4 is 6.41 Å². The SMILES string of the molecule is CCC1(OCCNC=O)CN(C)C1. The summed E-state index contributed by atoms with van der Waals surface area (Å²) in [4.78, 5) is 12.2. The predicted molar refractivity (Wildman–Crippen MR) is 50.5 cm³/mol. The van der Waals surface area contributed by atoms with E-state index in [-0.39, 0.29) is 5.60 Å². The molecule has 0 unspecified atom stereocenters. The number of hydrogen-bond donors (Lipinski definition) is 1. The Morgan fingerprint density at radius 3 is 2.77 bits per heavy atom. The Balaban J connectivity index is 2.14. The van der Waals surface area contributed by atoms with Crippen LogP contribution in [-0.2, 0) is 9.53 Å². The van der Waals surface area contributed by atoms with Crippen molar-refractivity contribution < 1.29 is 9.53 Å². The minimum Gasteiger partial charge on any atom is -0.371 e. The minimum atomic E-state index is 0.0549. The van der Waals surface area contributed by atoms with Crippen LogP contribution in [0.2, 0.25) is 0 Å². The highest BCUT2D eigenvalue weighted by atomic mass is 16.5. The fraction of sp³-hybridized carbons (Fsp3) is 0.889. The van der Waals surface area contributed by atoms with Crippen LogP contribution in [0.5, 0.6) is 0 Å². The highest BCUT2D eigenvalue weighted by Crippen LogP contribution is 2.26. The Hall–Kier alpha value is -0.610. The van der Waals surface area contributed by atoms with Gasteiger partial charge in [0.1, 0.15) is 0 Å². The zero-order valence-electron chi connectivity index (χ0n) is 8.38. The number of carbonyl (C=O) groups is 1. The summed E-state index contributed by atoms with van der Waals surface area (Å²) in [5.41, 5.74) is 0.0549. The van der Waals surface area contributed by atoms with Gasteiger partial charge < -0.3 is 15.0 Å². The topological polar surface area (TPSA) is 41.6 Å². The number of likely N-dealkylation sites (tertiary alicyclic amines) is 1. The first-order valence-corrected chi connectivity index (χ1v) is 4.72. The molecule has 1 N–H and O–H groups in total. The molecule has 1 aliphatic rings. The van der Waals surface area contributed by atoms with Crippen molar-refractivity contribution in [1.29, 1.82) is 0 Å². The molecule has 13 heavy (non-hydrogen) atoms. The Kier molecular flexibility index (Phi) is 3.69.